The summed E-state index contributed by atoms with van der Waals surface area (Å²) in [5.74, 6) is 0. The minimum Gasteiger partial charge on any atom is -0.369 e. The van der Waals surface area contributed by atoms with E-state index >= 15 is 0 Å². The summed E-state index contributed by atoms with van der Waals surface area (Å²) in [7, 11) is 0. The third-order valence-electron chi connectivity index (χ3n) is 4.67. The number of fused-ring (bicyclic) bond motifs is 1. The summed E-state index contributed by atoms with van der Waals surface area (Å²) in [6.45, 7) is 9.45. The molecule has 0 saturated carbocycles. The monoisotopic (exact) mass is 321 g/mol. The summed E-state index contributed by atoms with van der Waals surface area (Å²) < 4.78 is 1.91. The van der Waals surface area contributed by atoms with E-state index in [1.165, 1.54) is 11.3 Å². The predicted octanol–water partition coefficient (Wildman–Crippen LogP) is 2.67. The van der Waals surface area contributed by atoms with Gasteiger partial charge in [-0.15, -0.1) is 0 Å². The van der Waals surface area contributed by atoms with Crippen LogP contribution in [0.15, 0.2) is 42.7 Å². The Morgan fingerprint density at radius 2 is 1.71 bits per heavy atom. The van der Waals surface area contributed by atoms with Crippen LogP contribution in [0.3, 0.4) is 0 Å². The van der Waals surface area contributed by atoms with Crippen LogP contribution in [0.2, 0.25) is 0 Å². The molecule has 0 aromatic carbocycles. The fourth-order valence-electron chi connectivity index (χ4n) is 3.48. The molecule has 0 N–H and O–H groups in total. The average molecular weight is 321 g/mol. The van der Waals surface area contributed by atoms with Crippen LogP contribution in [-0.4, -0.2) is 45.7 Å². The molecule has 1 aliphatic heterocycles. The van der Waals surface area contributed by atoms with E-state index in [2.05, 4.69) is 64.1 Å². The second kappa shape index (κ2) is 6.24. The molecule has 1 saturated heterocycles. The highest BCUT2D eigenvalue weighted by Crippen LogP contribution is 2.19. The van der Waals surface area contributed by atoms with E-state index in [4.69, 9.17) is 0 Å². The number of anilines is 1. The first-order chi connectivity index (χ1) is 11.7. The van der Waals surface area contributed by atoms with Crippen LogP contribution in [0.25, 0.3) is 5.52 Å². The Bertz CT molecular complexity index is 826. The molecule has 0 spiro atoms. The smallest absolute Gasteiger partial charge is 0.0664 e. The fraction of sp³-hybridized carbons (Fsp3) is 0.368. The molecule has 3 aromatic heterocycles. The van der Waals surface area contributed by atoms with Gasteiger partial charge in [0.15, 0.2) is 0 Å². The van der Waals surface area contributed by atoms with Gasteiger partial charge in [-0.25, -0.2) is 4.52 Å². The Balaban J connectivity index is 1.40. The van der Waals surface area contributed by atoms with E-state index in [1.807, 2.05) is 16.9 Å². The van der Waals surface area contributed by atoms with Gasteiger partial charge < -0.3 is 4.90 Å². The van der Waals surface area contributed by atoms with Crippen molar-refractivity contribution in [1.82, 2.24) is 19.5 Å². The van der Waals surface area contributed by atoms with E-state index in [0.717, 1.165) is 49.6 Å². The number of nitrogens with zero attached hydrogens (tertiary/aromatic N) is 5. The Hall–Kier alpha value is -2.40. The van der Waals surface area contributed by atoms with Gasteiger partial charge in [0, 0.05) is 62.2 Å². The topological polar surface area (TPSA) is 36.7 Å². The molecular formula is C19H23N5. The largest absolute Gasteiger partial charge is 0.369 e. The van der Waals surface area contributed by atoms with Gasteiger partial charge in [0.05, 0.1) is 5.52 Å². The minimum absolute atomic E-state index is 1.00. The van der Waals surface area contributed by atoms with Crippen LogP contribution >= 0.6 is 0 Å². The van der Waals surface area contributed by atoms with Crippen molar-refractivity contribution >= 4 is 11.2 Å². The van der Waals surface area contributed by atoms with E-state index in [1.54, 1.807) is 0 Å². The molecule has 0 radical (unpaired) electrons. The normalized spacial score (nSPS) is 16.0. The van der Waals surface area contributed by atoms with Crippen molar-refractivity contribution in [3.05, 3.63) is 59.7 Å². The molecule has 0 bridgehead atoms. The Labute approximate surface area is 142 Å². The molecule has 24 heavy (non-hydrogen) atoms. The van der Waals surface area contributed by atoms with Crippen molar-refractivity contribution in [1.29, 1.82) is 0 Å². The molecule has 5 heteroatoms. The molecule has 0 unspecified atom stereocenters. The first-order valence-corrected chi connectivity index (χ1v) is 8.52. The zero-order valence-corrected chi connectivity index (χ0v) is 14.3. The summed E-state index contributed by atoms with van der Waals surface area (Å²) in [4.78, 5) is 9.47. The Morgan fingerprint density at radius 1 is 0.958 bits per heavy atom. The third kappa shape index (κ3) is 3.12. The van der Waals surface area contributed by atoms with Gasteiger partial charge in [0.2, 0.25) is 0 Å². The second-order valence-electron chi connectivity index (χ2n) is 6.61. The highest BCUT2D eigenvalue weighted by Gasteiger charge is 2.18. The maximum atomic E-state index is 4.48. The van der Waals surface area contributed by atoms with Gasteiger partial charge in [0.1, 0.15) is 0 Å². The van der Waals surface area contributed by atoms with E-state index in [-0.39, 0.29) is 0 Å². The molecule has 0 aliphatic carbocycles. The lowest BCUT2D eigenvalue weighted by Crippen LogP contribution is -2.46. The van der Waals surface area contributed by atoms with Crippen molar-refractivity contribution < 1.29 is 0 Å². The highest BCUT2D eigenvalue weighted by atomic mass is 15.3. The lowest BCUT2D eigenvalue weighted by atomic mass is 10.2. The van der Waals surface area contributed by atoms with Crippen LogP contribution in [0.4, 0.5) is 5.69 Å². The molecule has 4 heterocycles. The number of hydrogen-bond acceptors (Lipinski definition) is 4. The number of piperazine rings is 1. The van der Waals surface area contributed by atoms with Crippen molar-refractivity contribution in [2.24, 2.45) is 0 Å². The first-order valence-electron chi connectivity index (χ1n) is 8.52. The van der Waals surface area contributed by atoms with E-state index < -0.39 is 0 Å². The van der Waals surface area contributed by atoms with Gasteiger partial charge in [0.25, 0.3) is 0 Å². The molecule has 3 aromatic rings. The van der Waals surface area contributed by atoms with Crippen LogP contribution in [0.5, 0.6) is 0 Å². The Morgan fingerprint density at radius 3 is 2.46 bits per heavy atom. The standard InChI is InChI=1S/C19H23N5/c1-15-11-19(12-16(2)21-15)23-9-7-22(8-10-23)14-17-4-6-24-18(13-17)3-5-20-24/h3-6,11-13H,7-10,14H2,1-2H3. The zero-order chi connectivity index (χ0) is 16.5. The average Bonchev–Trinajstić information content (AvgIpc) is 3.02. The van der Waals surface area contributed by atoms with Crippen LogP contribution in [-0.2, 0) is 6.54 Å². The van der Waals surface area contributed by atoms with Gasteiger partial charge in [-0.05, 0) is 49.7 Å². The molecular weight excluding hydrogens is 298 g/mol. The van der Waals surface area contributed by atoms with Crippen molar-refractivity contribution in [3.8, 4) is 0 Å². The van der Waals surface area contributed by atoms with Gasteiger partial charge in [-0.1, -0.05) is 0 Å². The number of rotatable bonds is 3. The van der Waals surface area contributed by atoms with E-state index in [0.29, 0.717) is 0 Å². The SMILES string of the molecule is Cc1cc(N2CCN(Cc3ccn4nccc4c3)CC2)cc(C)n1. The predicted molar refractivity (Wildman–Crippen MR) is 96.4 cm³/mol. The van der Waals surface area contributed by atoms with Gasteiger partial charge in [-0.3, -0.25) is 9.88 Å². The number of hydrogen-bond donors (Lipinski definition) is 0. The maximum Gasteiger partial charge on any atom is 0.0664 e. The number of aryl methyl sites for hydroxylation is 2. The number of aromatic nitrogens is 3. The summed E-state index contributed by atoms with van der Waals surface area (Å²) in [6.07, 6.45) is 3.89. The lowest BCUT2D eigenvalue weighted by molar-refractivity contribution is 0.250. The highest BCUT2D eigenvalue weighted by molar-refractivity contribution is 5.49. The second-order valence-corrected chi connectivity index (χ2v) is 6.61. The van der Waals surface area contributed by atoms with Crippen molar-refractivity contribution in [2.45, 2.75) is 20.4 Å². The molecule has 0 atom stereocenters. The summed E-state index contributed by atoms with van der Waals surface area (Å²) in [5, 5.41) is 4.26. The van der Waals surface area contributed by atoms with Crippen molar-refractivity contribution in [3.63, 3.8) is 0 Å². The molecule has 124 valence electrons. The molecule has 4 rings (SSSR count). The van der Waals surface area contributed by atoms with Crippen LogP contribution < -0.4 is 4.90 Å². The minimum atomic E-state index is 1.00. The first kappa shape index (κ1) is 15.1. The molecule has 5 nitrogen and oxygen atoms in total. The Kier molecular flexibility index (Phi) is 3.94. The quantitative estimate of drug-likeness (QED) is 0.743. The zero-order valence-electron chi connectivity index (χ0n) is 14.3. The van der Waals surface area contributed by atoms with Gasteiger partial charge >= 0.3 is 0 Å². The van der Waals surface area contributed by atoms with E-state index in [9.17, 15) is 0 Å². The molecule has 1 aliphatic rings. The lowest BCUT2D eigenvalue weighted by Gasteiger charge is -2.36. The number of pyridine rings is 2. The van der Waals surface area contributed by atoms with Gasteiger partial charge in [-0.2, -0.15) is 5.10 Å². The summed E-state index contributed by atoms with van der Waals surface area (Å²) in [5.41, 5.74) is 6.02. The summed E-state index contributed by atoms with van der Waals surface area (Å²) >= 11 is 0. The van der Waals surface area contributed by atoms with Crippen LogP contribution in [0, 0.1) is 13.8 Å². The maximum absolute atomic E-state index is 4.48. The third-order valence-corrected chi connectivity index (χ3v) is 4.67. The fourth-order valence-corrected chi connectivity index (χ4v) is 3.48. The molecule has 1 fully saturated rings. The van der Waals surface area contributed by atoms with Crippen LogP contribution in [0.1, 0.15) is 17.0 Å². The summed E-state index contributed by atoms with van der Waals surface area (Å²) in [6, 6.07) is 10.8. The van der Waals surface area contributed by atoms with Crippen molar-refractivity contribution in [2.75, 3.05) is 31.1 Å². The molecule has 0 amide bonds.